The molecular weight excluding hydrogens is 493 g/mol. The van der Waals surface area contributed by atoms with E-state index in [-0.39, 0.29) is 24.2 Å². The van der Waals surface area contributed by atoms with Crippen LogP contribution in [-0.2, 0) is 19.2 Å². The number of aromatic nitrogens is 2. The quantitative estimate of drug-likeness (QED) is 0.243. The number of benzene rings is 2. The summed E-state index contributed by atoms with van der Waals surface area (Å²) < 4.78 is 24.8. The minimum Gasteiger partial charge on any atom is -0.488 e. The molecule has 0 bridgehead atoms. The molecule has 10 nitrogen and oxygen atoms in total. The van der Waals surface area contributed by atoms with Crippen molar-refractivity contribution in [2.75, 3.05) is 17.2 Å². The van der Waals surface area contributed by atoms with Crippen LogP contribution in [-0.4, -0.2) is 40.8 Å². The molecule has 3 N–H and O–H groups in total. The van der Waals surface area contributed by atoms with Gasteiger partial charge in [0.25, 0.3) is 0 Å². The van der Waals surface area contributed by atoms with Crippen LogP contribution in [0.15, 0.2) is 55.4 Å². The molecule has 2 aromatic carbocycles. The molecule has 1 fully saturated rings. The minimum atomic E-state index is -0.423. The third kappa shape index (κ3) is 7.46. The van der Waals surface area contributed by atoms with Crippen molar-refractivity contribution in [2.24, 2.45) is 0 Å². The molecule has 2 unspecified atom stereocenters. The zero-order valence-corrected chi connectivity index (χ0v) is 21.0. The van der Waals surface area contributed by atoms with Crippen LogP contribution >= 0.6 is 0 Å². The van der Waals surface area contributed by atoms with Crippen molar-refractivity contribution in [3.05, 3.63) is 61.2 Å². The van der Waals surface area contributed by atoms with Gasteiger partial charge in [-0.15, -0.1) is 0 Å². The third-order valence-corrected chi connectivity index (χ3v) is 5.84. The summed E-state index contributed by atoms with van der Waals surface area (Å²) in [5.74, 6) is -0.213. The number of nitrogens with one attached hydrogen (secondary N) is 3. The number of halogens is 1. The van der Waals surface area contributed by atoms with Gasteiger partial charge in [0.05, 0.1) is 17.3 Å². The molecule has 0 radical (unpaired) electrons. The summed E-state index contributed by atoms with van der Waals surface area (Å²) in [6.45, 7) is 5.95. The average Bonchev–Trinajstić information content (AvgIpc) is 2.93. The molecule has 2 amide bonds. The molecule has 1 aliphatic rings. The molecule has 1 aliphatic heterocycles. The van der Waals surface area contributed by atoms with Gasteiger partial charge in [0.1, 0.15) is 23.7 Å². The SMILES string of the molecule is C=CC(=O)Nc1cc2c(Nc3ccc(F)cc3)ncnc2cc1OC(C)CCC(=O)NOC1CCCCO1. The fourth-order valence-electron chi connectivity index (χ4n) is 3.83. The van der Waals surface area contributed by atoms with Gasteiger partial charge in [0.15, 0.2) is 6.29 Å². The number of hydroxylamine groups is 1. The fourth-order valence-corrected chi connectivity index (χ4v) is 3.83. The van der Waals surface area contributed by atoms with Crippen LogP contribution in [0, 0.1) is 5.82 Å². The highest BCUT2D eigenvalue weighted by molar-refractivity contribution is 6.03. The van der Waals surface area contributed by atoms with Gasteiger partial charge in [-0.3, -0.25) is 9.59 Å². The Morgan fingerprint density at radius 3 is 2.79 bits per heavy atom. The molecule has 2 heterocycles. The van der Waals surface area contributed by atoms with Gasteiger partial charge >= 0.3 is 0 Å². The Hall–Kier alpha value is -4.09. The van der Waals surface area contributed by atoms with Crippen LogP contribution in [0.4, 0.5) is 21.6 Å². The molecule has 3 aromatic rings. The number of nitrogens with zero attached hydrogens (tertiary/aromatic N) is 2. The summed E-state index contributed by atoms with van der Waals surface area (Å²) >= 11 is 0. The first kappa shape index (κ1) is 27.0. The Labute approximate surface area is 219 Å². The summed E-state index contributed by atoms with van der Waals surface area (Å²) in [6.07, 6.45) is 5.05. The van der Waals surface area contributed by atoms with Crippen LogP contribution in [0.3, 0.4) is 0 Å². The number of ether oxygens (including phenoxy) is 2. The topological polar surface area (TPSA) is 124 Å². The molecule has 4 rings (SSSR count). The first-order chi connectivity index (χ1) is 18.4. The van der Waals surface area contributed by atoms with Gasteiger partial charge in [-0.25, -0.2) is 24.7 Å². The van der Waals surface area contributed by atoms with E-state index < -0.39 is 12.2 Å². The van der Waals surface area contributed by atoms with Crippen molar-refractivity contribution < 1.29 is 28.3 Å². The second-order valence-corrected chi connectivity index (χ2v) is 8.82. The monoisotopic (exact) mass is 523 g/mol. The van der Waals surface area contributed by atoms with Gasteiger partial charge < -0.3 is 20.1 Å². The van der Waals surface area contributed by atoms with E-state index in [4.69, 9.17) is 14.3 Å². The van der Waals surface area contributed by atoms with E-state index in [0.29, 0.717) is 46.9 Å². The molecular formula is C27H30FN5O5. The fraction of sp³-hybridized carbons (Fsp3) is 0.333. The standard InChI is InChI=1S/C27H30FN5O5/c1-3-24(34)32-22-14-20-21(29-16-30-27(20)31-19-10-8-18(28)9-11-19)15-23(22)37-17(2)7-12-25(35)33-38-26-6-4-5-13-36-26/h3,8-11,14-17,26H,1,4-7,12-13H2,2H3,(H,32,34)(H,33,35)(H,29,30,31). The second-order valence-electron chi connectivity index (χ2n) is 8.82. The Balaban J connectivity index is 1.46. The number of hydrogen-bond donors (Lipinski definition) is 3. The summed E-state index contributed by atoms with van der Waals surface area (Å²) in [5, 5.41) is 6.50. The van der Waals surface area contributed by atoms with Crippen molar-refractivity contribution in [1.29, 1.82) is 0 Å². The molecule has 1 saturated heterocycles. The lowest BCUT2D eigenvalue weighted by Gasteiger charge is -2.22. The van der Waals surface area contributed by atoms with Gasteiger partial charge in [0.2, 0.25) is 11.8 Å². The second kappa shape index (κ2) is 12.9. The Morgan fingerprint density at radius 2 is 2.05 bits per heavy atom. The number of hydrogen-bond acceptors (Lipinski definition) is 8. The molecule has 2 atom stereocenters. The minimum absolute atomic E-state index is 0.170. The Kier molecular flexibility index (Phi) is 9.17. The highest BCUT2D eigenvalue weighted by Crippen LogP contribution is 2.34. The summed E-state index contributed by atoms with van der Waals surface area (Å²) in [6, 6.07) is 9.23. The van der Waals surface area contributed by atoms with Crippen LogP contribution in [0.1, 0.15) is 39.0 Å². The van der Waals surface area contributed by atoms with E-state index in [1.807, 2.05) is 6.92 Å². The van der Waals surface area contributed by atoms with Crippen LogP contribution in [0.25, 0.3) is 10.9 Å². The third-order valence-electron chi connectivity index (χ3n) is 5.84. The largest absolute Gasteiger partial charge is 0.488 e. The van der Waals surface area contributed by atoms with E-state index in [1.165, 1.54) is 18.5 Å². The van der Waals surface area contributed by atoms with Crippen LogP contribution in [0.2, 0.25) is 0 Å². The normalized spacial score (nSPS) is 15.9. The lowest BCUT2D eigenvalue weighted by molar-refractivity contribution is -0.200. The van der Waals surface area contributed by atoms with E-state index in [0.717, 1.165) is 25.3 Å². The highest BCUT2D eigenvalue weighted by atomic mass is 19.1. The first-order valence-corrected chi connectivity index (χ1v) is 12.4. The maximum absolute atomic E-state index is 13.3. The summed E-state index contributed by atoms with van der Waals surface area (Å²) in [7, 11) is 0. The van der Waals surface area contributed by atoms with Crippen molar-refractivity contribution in [2.45, 2.75) is 51.4 Å². The predicted molar refractivity (Wildman–Crippen MR) is 140 cm³/mol. The number of fused-ring (bicyclic) bond motifs is 1. The van der Waals surface area contributed by atoms with Crippen molar-refractivity contribution in [3.63, 3.8) is 0 Å². The predicted octanol–water partition coefficient (Wildman–Crippen LogP) is 4.76. The maximum atomic E-state index is 13.3. The summed E-state index contributed by atoms with van der Waals surface area (Å²) in [4.78, 5) is 38.3. The molecule has 0 spiro atoms. The number of anilines is 3. The Morgan fingerprint density at radius 1 is 1.24 bits per heavy atom. The molecule has 38 heavy (non-hydrogen) atoms. The Bertz CT molecular complexity index is 1280. The van der Waals surface area contributed by atoms with E-state index >= 15 is 0 Å². The zero-order valence-electron chi connectivity index (χ0n) is 21.0. The molecule has 11 heteroatoms. The zero-order chi connectivity index (χ0) is 26.9. The van der Waals surface area contributed by atoms with Gasteiger partial charge in [-0.1, -0.05) is 6.58 Å². The molecule has 200 valence electrons. The first-order valence-electron chi connectivity index (χ1n) is 12.4. The lowest BCUT2D eigenvalue weighted by Crippen LogP contribution is -2.33. The molecule has 1 aromatic heterocycles. The molecule has 0 aliphatic carbocycles. The van der Waals surface area contributed by atoms with Gasteiger partial charge in [0, 0.05) is 36.6 Å². The van der Waals surface area contributed by atoms with Crippen molar-refractivity contribution in [3.8, 4) is 5.75 Å². The number of amides is 2. The summed E-state index contributed by atoms with van der Waals surface area (Å²) in [5.41, 5.74) is 4.01. The van der Waals surface area contributed by atoms with Gasteiger partial charge in [-0.2, -0.15) is 0 Å². The van der Waals surface area contributed by atoms with Crippen LogP contribution in [0.5, 0.6) is 5.75 Å². The maximum Gasteiger partial charge on any atom is 0.247 e. The highest BCUT2D eigenvalue weighted by Gasteiger charge is 2.18. The van der Waals surface area contributed by atoms with E-state index in [9.17, 15) is 14.0 Å². The van der Waals surface area contributed by atoms with E-state index in [1.54, 1.807) is 24.3 Å². The van der Waals surface area contributed by atoms with Crippen molar-refractivity contribution >= 4 is 39.9 Å². The number of rotatable bonds is 11. The number of carbonyl (C=O) groups excluding carboxylic acids is 2. The smallest absolute Gasteiger partial charge is 0.247 e. The molecule has 0 saturated carbocycles. The average molecular weight is 524 g/mol. The van der Waals surface area contributed by atoms with Crippen molar-refractivity contribution in [1.82, 2.24) is 15.4 Å². The van der Waals surface area contributed by atoms with E-state index in [2.05, 4.69) is 32.7 Å². The van der Waals surface area contributed by atoms with Gasteiger partial charge in [-0.05, 0) is 62.6 Å². The van der Waals surface area contributed by atoms with Crippen LogP contribution < -0.4 is 20.9 Å². The number of carbonyl (C=O) groups is 2. The lowest BCUT2D eigenvalue weighted by atomic mass is 10.1.